The normalized spacial score (nSPS) is 10.8. The number of nitrogens with two attached hydrogens (primary N) is 1. The summed E-state index contributed by atoms with van der Waals surface area (Å²) in [5.41, 5.74) is 7.99. The van der Waals surface area contributed by atoms with Gasteiger partial charge < -0.3 is 15.2 Å². The molecule has 2 rings (SSSR count). The van der Waals surface area contributed by atoms with Crippen molar-refractivity contribution in [3.8, 4) is 0 Å². The van der Waals surface area contributed by atoms with Crippen molar-refractivity contribution < 1.29 is 19.1 Å². The molecular formula is C18H20N2O4S. The average Bonchev–Trinajstić information content (AvgIpc) is 2.91. The zero-order valence-electron chi connectivity index (χ0n) is 14.4. The van der Waals surface area contributed by atoms with E-state index in [4.69, 9.17) is 15.2 Å². The van der Waals surface area contributed by atoms with Gasteiger partial charge in [0, 0.05) is 6.21 Å². The third-order valence-corrected chi connectivity index (χ3v) is 4.21. The summed E-state index contributed by atoms with van der Waals surface area (Å²) >= 11 is 1.05. The summed E-state index contributed by atoms with van der Waals surface area (Å²) in [6, 6.07) is 7.74. The average molecular weight is 360 g/mol. The maximum Gasteiger partial charge on any atom is 0.342 e. The Bertz CT molecular complexity index is 794. The fourth-order valence-corrected chi connectivity index (χ4v) is 3.00. The number of rotatable bonds is 6. The Kier molecular flexibility index (Phi) is 6.30. The van der Waals surface area contributed by atoms with Crippen LogP contribution < -0.4 is 5.73 Å². The molecule has 2 N–H and O–H groups in total. The van der Waals surface area contributed by atoms with Crippen LogP contribution in [0, 0.1) is 6.92 Å². The van der Waals surface area contributed by atoms with E-state index in [1.54, 1.807) is 20.1 Å². The predicted molar refractivity (Wildman–Crippen MR) is 99.1 cm³/mol. The van der Waals surface area contributed by atoms with Gasteiger partial charge in [0.05, 0.1) is 13.2 Å². The standard InChI is InChI=1S/C18H20N2O4S/c1-4-23-17(21)13-14(18(22)24-5-2)16(25-15(13)19)20-10-12-8-6-11(3)7-9-12/h6-10H,4-5,19H2,1-3H3/b20-10+. The number of anilines is 1. The van der Waals surface area contributed by atoms with E-state index in [2.05, 4.69) is 4.99 Å². The molecule has 0 aliphatic rings. The molecule has 7 heteroatoms. The van der Waals surface area contributed by atoms with E-state index in [0.717, 1.165) is 22.5 Å². The lowest BCUT2D eigenvalue weighted by Crippen LogP contribution is -2.13. The molecule has 0 saturated heterocycles. The van der Waals surface area contributed by atoms with E-state index >= 15 is 0 Å². The summed E-state index contributed by atoms with van der Waals surface area (Å²) in [5.74, 6) is -1.30. The van der Waals surface area contributed by atoms with Gasteiger partial charge in [0.15, 0.2) is 0 Å². The molecule has 6 nitrogen and oxygen atoms in total. The maximum absolute atomic E-state index is 12.3. The second kappa shape index (κ2) is 8.43. The highest BCUT2D eigenvalue weighted by atomic mass is 32.1. The van der Waals surface area contributed by atoms with Crippen molar-refractivity contribution in [2.45, 2.75) is 20.8 Å². The predicted octanol–water partition coefficient (Wildman–Crippen LogP) is 3.74. The van der Waals surface area contributed by atoms with Crippen LogP contribution in [0.5, 0.6) is 0 Å². The van der Waals surface area contributed by atoms with E-state index in [1.165, 1.54) is 0 Å². The quantitative estimate of drug-likeness (QED) is 0.626. The molecule has 0 unspecified atom stereocenters. The van der Waals surface area contributed by atoms with Gasteiger partial charge in [-0.1, -0.05) is 41.2 Å². The van der Waals surface area contributed by atoms with Gasteiger partial charge >= 0.3 is 11.9 Å². The number of nitrogens with zero attached hydrogens (tertiary/aromatic N) is 1. The number of esters is 2. The van der Waals surface area contributed by atoms with Gasteiger partial charge in [0.2, 0.25) is 0 Å². The van der Waals surface area contributed by atoms with E-state index < -0.39 is 11.9 Å². The lowest BCUT2D eigenvalue weighted by Gasteiger charge is -2.05. The molecule has 0 fully saturated rings. The molecule has 1 aromatic carbocycles. The van der Waals surface area contributed by atoms with Gasteiger partial charge in [-0.05, 0) is 26.3 Å². The number of benzene rings is 1. The molecule has 0 atom stereocenters. The van der Waals surface area contributed by atoms with Crippen molar-refractivity contribution in [1.82, 2.24) is 0 Å². The Morgan fingerprint density at radius 1 is 1.08 bits per heavy atom. The van der Waals surface area contributed by atoms with Crippen LogP contribution in [-0.2, 0) is 9.47 Å². The summed E-state index contributed by atoms with van der Waals surface area (Å²) in [6.07, 6.45) is 1.61. The number of nitrogen functional groups attached to an aromatic ring is 1. The minimum atomic E-state index is -0.656. The van der Waals surface area contributed by atoms with E-state index in [9.17, 15) is 9.59 Å². The zero-order valence-corrected chi connectivity index (χ0v) is 15.2. The SMILES string of the molecule is CCOC(=O)c1c(N)sc(/N=C/c2ccc(C)cc2)c1C(=O)OCC. The van der Waals surface area contributed by atoms with Gasteiger partial charge in [0.1, 0.15) is 21.1 Å². The lowest BCUT2D eigenvalue weighted by atomic mass is 10.1. The summed E-state index contributed by atoms with van der Waals surface area (Å²) in [7, 11) is 0. The fraction of sp³-hybridized carbons (Fsp3) is 0.278. The first kappa shape index (κ1) is 18.7. The summed E-state index contributed by atoms with van der Waals surface area (Å²) < 4.78 is 10.0. The smallest absolute Gasteiger partial charge is 0.342 e. The van der Waals surface area contributed by atoms with Crippen molar-refractivity contribution in [1.29, 1.82) is 0 Å². The van der Waals surface area contributed by atoms with Gasteiger partial charge in [-0.15, -0.1) is 0 Å². The number of ether oxygens (including phenoxy) is 2. The van der Waals surface area contributed by atoms with Crippen LogP contribution in [0.25, 0.3) is 0 Å². The molecule has 0 amide bonds. The van der Waals surface area contributed by atoms with Crippen molar-refractivity contribution >= 4 is 39.5 Å². The van der Waals surface area contributed by atoms with Crippen molar-refractivity contribution in [2.24, 2.45) is 4.99 Å². The molecule has 2 aromatic rings. The first-order chi connectivity index (χ1) is 12.0. The van der Waals surface area contributed by atoms with Crippen LogP contribution in [0.15, 0.2) is 29.3 Å². The maximum atomic E-state index is 12.3. The first-order valence-corrected chi connectivity index (χ1v) is 8.66. The van der Waals surface area contributed by atoms with Crippen LogP contribution in [-0.4, -0.2) is 31.4 Å². The van der Waals surface area contributed by atoms with Gasteiger partial charge in [-0.2, -0.15) is 0 Å². The minimum Gasteiger partial charge on any atom is -0.462 e. The molecule has 0 bridgehead atoms. The molecule has 1 heterocycles. The second-order valence-corrected chi connectivity index (χ2v) is 6.16. The molecule has 0 radical (unpaired) electrons. The largest absolute Gasteiger partial charge is 0.462 e. The lowest BCUT2D eigenvalue weighted by molar-refractivity contribution is 0.0481. The van der Waals surface area contributed by atoms with E-state index in [-0.39, 0.29) is 29.3 Å². The van der Waals surface area contributed by atoms with Crippen molar-refractivity contribution in [3.05, 3.63) is 46.5 Å². The molecule has 1 aromatic heterocycles. The Morgan fingerprint density at radius 3 is 2.20 bits per heavy atom. The Hall–Kier alpha value is -2.67. The van der Waals surface area contributed by atoms with Crippen molar-refractivity contribution in [2.75, 3.05) is 18.9 Å². The highest BCUT2D eigenvalue weighted by Crippen LogP contribution is 2.38. The van der Waals surface area contributed by atoms with Gasteiger partial charge in [0.25, 0.3) is 0 Å². The van der Waals surface area contributed by atoms with Crippen LogP contribution in [0.3, 0.4) is 0 Å². The van der Waals surface area contributed by atoms with Crippen LogP contribution >= 0.6 is 11.3 Å². The number of aryl methyl sites for hydroxylation is 1. The molecule has 0 spiro atoms. The van der Waals surface area contributed by atoms with E-state index in [0.29, 0.717) is 5.00 Å². The second-order valence-electron chi connectivity index (χ2n) is 5.13. The van der Waals surface area contributed by atoms with E-state index in [1.807, 2.05) is 31.2 Å². The summed E-state index contributed by atoms with van der Waals surface area (Å²) in [6.45, 7) is 5.72. The van der Waals surface area contributed by atoms with Crippen LogP contribution in [0.1, 0.15) is 45.7 Å². The van der Waals surface area contributed by atoms with Crippen molar-refractivity contribution in [3.63, 3.8) is 0 Å². The first-order valence-electron chi connectivity index (χ1n) is 7.85. The summed E-state index contributed by atoms with van der Waals surface area (Å²) in [5, 5.41) is 0.497. The Labute approximate surface area is 150 Å². The van der Waals surface area contributed by atoms with Gasteiger partial charge in [-0.3, -0.25) is 0 Å². The number of aliphatic imine (C=N–C) groups is 1. The Morgan fingerprint density at radius 2 is 1.64 bits per heavy atom. The molecule has 0 aliphatic carbocycles. The number of hydrogen-bond acceptors (Lipinski definition) is 7. The fourth-order valence-electron chi connectivity index (χ4n) is 2.11. The number of thiophene rings is 1. The van der Waals surface area contributed by atoms with Gasteiger partial charge in [-0.25, -0.2) is 14.6 Å². The molecule has 0 saturated carbocycles. The topological polar surface area (TPSA) is 91.0 Å². The third-order valence-electron chi connectivity index (χ3n) is 3.28. The molecular weight excluding hydrogens is 340 g/mol. The molecule has 132 valence electrons. The molecule has 25 heavy (non-hydrogen) atoms. The number of hydrogen-bond donors (Lipinski definition) is 1. The minimum absolute atomic E-state index is 0.0151. The van der Waals surface area contributed by atoms with Crippen LogP contribution in [0.2, 0.25) is 0 Å². The summed E-state index contributed by atoms with van der Waals surface area (Å²) in [4.78, 5) is 28.8. The van der Waals surface area contributed by atoms with Crippen LogP contribution in [0.4, 0.5) is 10.0 Å². The zero-order chi connectivity index (χ0) is 18.4. The highest BCUT2D eigenvalue weighted by molar-refractivity contribution is 7.20. The third kappa shape index (κ3) is 4.45. The monoisotopic (exact) mass is 360 g/mol. The number of carbonyl (C=O) groups is 2. The number of carbonyl (C=O) groups excluding carboxylic acids is 2. The Balaban J connectivity index is 2.45. The molecule has 0 aliphatic heterocycles. The highest BCUT2D eigenvalue weighted by Gasteiger charge is 2.29.